The first-order chi connectivity index (χ1) is 18.9. The highest BCUT2D eigenvalue weighted by molar-refractivity contribution is 6.10. The number of nitrogens with one attached hydrogen (secondary N) is 1. The molecule has 2 aliphatic heterocycles. The number of benzene rings is 2. The maximum Gasteiger partial charge on any atom is 0.416 e. The minimum absolute atomic E-state index is 0.00739. The Hall–Kier alpha value is -3.38. The van der Waals surface area contributed by atoms with Gasteiger partial charge in [-0.3, -0.25) is 4.79 Å². The second-order valence-corrected chi connectivity index (χ2v) is 11.2. The van der Waals surface area contributed by atoms with Crippen LogP contribution in [0.4, 0.5) is 27.6 Å². The average molecular weight is 562 g/mol. The Morgan fingerprint density at radius 1 is 1.15 bits per heavy atom. The zero-order chi connectivity index (χ0) is 28.3. The van der Waals surface area contributed by atoms with Crippen LogP contribution >= 0.6 is 0 Å². The summed E-state index contributed by atoms with van der Waals surface area (Å²) in [7, 11) is 1.74. The predicted octanol–water partition coefficient (Wildman–Crippen LogP) is 4.64. The monoisotopic (exact) mass is 561 g/mol. The number of aromatic nitrogens is 3. The summed E-state index contributed by atoms with van der Waals surface area (Å²) in [6.45, 7) is 1.78. The maximum absolute atomic E-state index is 14.2. The number of halogens is 5. The third-order valence-corrected chi connectivity index (χ3v) is 8.14. The second-order valence-electron chi connectivity index (χ2n) is 11.2. The quantitative estimate of drug-likeness (QED) is 0.406. The minimum Gasteiger partial charge on any atom is -0.381 e. The highest BCUT2D eigenvalue weighted by Gasteiger charge is 2.57. The molecule has 3 aliphatic rings. The molecule has 1 aliphatic carbocycles. The average Bonchev–Trinajstić information content (AvgIpc) is 3.40. The summed E-state index contributed by atoms with van der Waals surface area (Å²) in [5.74, 6) is -2.51. The van der Waals surface area contributed by atoms with E-state index in [2.05, 4.69) is 15.5 Å². The Morgan fingerprint density at radius 2 is 1.93 bits per heavy atom. The fraction of sp³-hybridized carbons (Fsp3) is 0.464. The highest BCUT2D eigenvalue weighted by atomic mass is 19.4. The van der Waals surface area contributed by atoms with E-state index in [0.717, 1.165) is 6.07 Å². The Balaban J connectivity index is 1.29. The number of amides is 1. The fourth-order valence-electron chi connectivity index (χ4n) is 6.00. The van der Waals surface area contributed by atoms with Gasteiger partial charge in [-0.15, -0.1) is 10.2 Å². The number of rotatable bonds is 8. The van der Waals surface area contributed by atoms with E-state index in [-0.39, 0.29) is 30.6 Å². The van der Waals surface area contributed by atoms with Crippen molar-refractivity contribution < 1.29 is 31.5 Å². The molecule has 1 aromatic heterocycles. The van der Waals surface area contributed by atoms with Crippen LogP contribution < -0.4 is 10.2 Å². The number of fused-ring (bicyclic) bond motifs is 1. The molecule has 12 heteroatoms. The number of alkyl halides is 5. The van der Waals surface area contributed by atoms with Crippen molar-refractivity contribution in [2.45, 2.75) is 49.9 Å². The number of hydrogen-bond acceptors (Lipinski definition) is 5. The summed E-state index contributed by atoms with van der Waals surface area (Å²) >= 11 is 0. The van der Waals surface area contributed by atoms with Crippen LogP contribution in [-0.4, -0.2) is 46.4 Å². The molecule has 0 radical (unpaired) electrons. The van der Waals surface area contributed by atoms with Crippen LogP contribution in [0, 0.1) is 5.92 Å². The van der Waals surface area contributed by atoms with E-state index in [1.165, 1.54) is 17.3 Å². The van der Waals surface area contributed by atoms with Gasteiger partial charge in [-0.05, 0) is 41.0 Å². The van der Waals surface area contributed by atoms with Crippen molar-refractivity contribution in [1.29, 1.82) is 0 Å². The standard InChI is InChI=1S/C28H28F5N5O2/c1-37-16-35-36-24(37)8-26(14-27(29,30)15-26)19-3-2-4-20(7-19)38-11-22-21(25(38)39)5-17(6-23(22)28(31,32)33)9-34-10-18-12-40-13-18/h2-7,16,18,34H,8-15H2,1H3. The molecule has 40 heavy (non-hydrogen) atoms. The van der Waals surface area contributed by atoms with E-state index in [9.17, 15) is 26.7 Å². The number of carbonyl (C=O) groups excluding carboxylic acids is 1. The SMILES string of the molecule is Cn1cnnc1CC1(c2cccc(N3Cc4c(cc(CNCC5COC5)cc4C(F)(F)F)C3=O)c2)CC(F)(F)C1. The Kier molecular flexibility index (Phi) is 6.45. The van der Waals surface area contributed by atoms with Gasteiger partial charge in [0.05, 0.1) is 25.3 Å². The number of anilines is 1. The molecule has 1 saturated carbocycles. The lowest BCUT2D eigenvalue weighted by molar-refractivity contribution is -0.138. The summed E-state index contributed by atoms with van der Waals surface area (Å²) in [5, 5.41) is 11.1. The van der Waals surface area contributed by atoms with Crippen LogP contribution in [0.15, 0.2) is 42.7 Å². The minimum atomic E-state index is -4.64. The zero-order valence-corrected chi connectivity index (χ0v) is 21.8. The van der Waals surface area contributed by atoms with E-state index >= 15 is 0 Å². The van der Waals surface area contributed by atoms with Crippen LogP contribution in [0.1, 0.15) is 51.3 Å². The molecule has 0 atom stereocenters. The molecular formula is C28H28F5N5O2. The van der Waals surface area contributed by atoms with E-state index in [1.54, 1.807) is 35.9 Å². The van der Waals surface area contributed by atoms with Crippen molar-refractivity contribution >= 4 is 11.6 Å². The molecular weight excluding hydrogens is 533 g/mol. The lowest BCUT2D eigenvalue weighted by Crippen LogP contribution is -2.51. The topological polar surface area (TPSA) is 72.3 Å². The fourth-order valence-corrected chi connectivity index (χ4v) is 6.00. The van der Waals surface area contributed by atoms with Crippen molar-refractivity contribution in [2.75, 3.05) is 24.7 Å². The van der Waals surface area contributed by atoms with Gasteiger partial charge >= 0.3 is 6.18 Å². The molecule has 2 aromatic carbocycles. The molecule has 1 saturated heterocycles. The highest BCUT2D eigenvalue weighted by Crippen LogP contribution is 2.55. The smallest absolute Gasteiger partial charge is 0.381 e. The number of ether oxygens (including phenoxy) is 1. The summed E-state index contributed by atoms with van der Waals surface area (Å²) in [5.41, 5.74) is -0.520. The molecule has 1 N–H and O–H groups in total. The molecule has 0 bridgehead atoms. The van der Waals surface area contributed by atoms with Crippen LogP contribution in [0.25, 0.3) is 0 Å². The first kappa shape index (κ1) is 26.8. The van der Waals surface area contributed by atoms with Gasteiger partial charge in [-0.25, -0.2) is 8.78 Å². The lowest BCUT2D eigenvalue weighted by atomic mass is 9.60. The predicted molar refractivity (Wildman–Crippen MR) is 135 cm³/mol. The first-order valence-corrected chi connectivity index (χ1v) is 13.1. The largest absolute Gasteiger partial charge is 0.416 e. The molecule has 0 spiro atoms. The molecule has 2 fully saturated rings. The summed E-state index contributed by atoms with van der Waals surface area (Å²) in [6, 6.07) is 9.26. The van der Waals surface area contributed by atoms with Crippen molar-refractivity contribution in [2.24, 2.45) is 13.0 Å². The Labute approximate surface area is 227 Å². The van der Waals surface area contributed by atoms with Crippen molar-refractivity contribution in [3.8, 4) is 0 Å². The zero-order valence-electron chi connectivity index (χ0n) is 21.8. The molecule has 3 heterocycles. The summed E-state index contributed by atoms with van der Waals surface area (Å²) in [4.78, 5) is 14.8. The maximum atomic E-state index is 14.2. The molecule has 3 aromatic rings. The lowest BCUT2D eigenvalue weighted by Gasteiger charge is -2.48. The Bertz CT molecular complexity index is 1440. The van der Waals surface area contributed by atoms with Gasteiger partial charge in [0.1, 0.15) is 12.2 Å². The van der Waals surface area contributed by atoms with Crippen LogP contribution in [0.3, 0.4) is 0 Å². The number of hydrogen-bond donors (Lipinski definition) is 1. The molecule has 6 rings (SSSR count). The molecule has 1 amide bonds. The normalized spacial score (nSPS) is 19.9. The van der Waals surface area contributed by atoms with Gasteiger partial charge in [0, 0.05) is 62.0 Å². The van der Waals surface area contributed by atoms with E-state index in [1.807, 2.05) is 0 Å². The van der Waals surface area contributed by atoms with Crippen LogP contribution in [-0.2, 0) is 42.9 Å². The Morgan fingerprint density at radius 3 is 2.55 bits per heavy atom. The molecule has 212 valence electrons. The van der Waals surface area contributed by atoms with Gasteiger partial charge in [0.25, 0.3) is 5.91 Å². The van der Waals surface area contributed by atoms with E-state index in [0.29, 0.717) is 48.3 Å². The van der Waals surface area contributed by atoms with Crippen molar-refractivity contribution in [1.82, 2.24) is 20.1 Å². The van der Waals surface area contributed by atoms with Gasteiger partial charge < -0.3 is 19.5 Å². The molecule has 0 unspecified atom stereocenters. The van der Waals surface area contributed by atoms with Gasteiger partial charge in [0.2, 0.25) is 5.92 Å². The molecule has 7 nitrogen and oxygen atoms in total. The third kappa shape index (κ3) is 4.87. The van der Waals surface area contributed by atoms with Crippen LogP contribution in [0.2, 0.25) is 0 Å². The van der Waals surface area contributed by atoms with Gasteiger partial charge in [0.15, 0.2) is 0 Å². The van der Waals surface area contributed by atoms with Gasteiger partial charge in [-0.2, -0.15) is 13.2 Å². The number of nitrogens with zero attached hydrogens (tertiary/aromatic N) is 4. The second kappa shape index (κ2) is 9.62. The number of aryl methyl sites for hydroxylation is 1. The first-order valence-electron chi connectivity index (χ1n) is 13.1. The van der Waals surface area contributed by atoms with Gasteiger partial charge in [-0.1, -0.05) is 12.1 Å². The number of carbonyl (C=O) groups is 1. The van der Waals surface area contributed by atoms with E-state index < -0.39 is 41.8 Å². The van der Waals surface area contributed by atoms with Crippen molar-refractivity contribution in [3.63, 3.8) is 0 Å². The summed E-state index contributed by atoms with van der Waals surface area (Å²) < 4.78 is 77.5. The summed E-state index contributed by atoms with van der Waals surface area (Å²) in [6.07, 6.45) is -3.71. The van der Waals surface area contributed by atoms with Crippen LogP contribution in [0.5, 0.6) is 0 Å². The van der Waals surface area contributed by atoms with E-state index in [4.69, 9.17) is 4.74 Å². The third-order valence-electron chi connectivity index (χ3n) is 8.14. The van der Waals surface area contributed by atoms with Crippen molar-refractivity contribution in [3.05, 3.63) is 76.4 Å².